The van der Waals surface area contributed by atoms with Gasteiger partial charge in [-0.25, -0.2) is 4.79 Å². The van der Waals surface area contributed by atoms with Crippen LogP contribution < -0.4 is 11.0 Å². The van der Waals surface area contributed by atoms with Gasteiger partial charge in [-0.1, -0.05) is 12.1 Å². The van der Waals surface area contributed by atoms with E-state index in [1.807, 2.05) is 31.2 Å². The third-order valence-electron chi connectivity index (χ3n) is 3.14. The van der Waals surface area contributed by atoms with E-state index in [0.717, 1.165) is 16.9 Å². The minimum Gasteiger partial charge on any atom is -0.387 e. The number of aromatic nitrogens is 2. The lowest BCUT2D eigenvalue weighted by atomic mass is 10.1. The molecule has 102 valence electrons. The van der Waals surface area contributed by atoms with Crippen molar-refractivity contribution in [1.82, 2.24) is 14.5 Å². The molecule has 0 bridgehead atoms. The lowest BCUT2D eigenvalue weighted by molar-refractivity contribution is 0.178. The van der Waals surface area contributed by atoms with Crippen molar-refractivity contribution in [3.8, 4) is 5.69 Å². The quantitative estimate of drug-likeness (QED) is 0.853. The summed E-state index contributed by atoms with van der Waals surface area (Å²) in [5, 5.41) is 12.9. The van der Waals surface area contributed by atoms with Gasteiger partial charge in [-0.05, 0) is 31.7 Å². The van der Waals surface area contributed by atoms with E-state index < -0.39 is 6.10 Å². The molecule has 2 rings (SSSR count). The van der Waals surface area contributed by atoms with Gasteiger partial charge in [-0.3, -0.25) is 4.57 Å². The highest BCUT2D eigenvalue weighted by molar-refractivity contribution is 5.38. The van der Waals surface area contributed by atoms with Gasteiger partial charge in [-0.15, -0.1) is 0 Å². The van der Waals surface area contributed by atoms with Crippen LogP contribution in [0.25, 0.3) is 5.69 Å². The second-order valence-electron chi connectivity index (χ2n) is 4.67. The molecular weight excluding hydrogens is 242 g/mol. The van der Waals surface area contributed by atoms with E-state index in [1.54, 1.807) is 29.4 Å². The molecule has 0 radical (unpaired) electrons. The molecule has 0 spiro atoms. The number of aliphatic hydroxyl groups excluding tert-OH is 1. The Morgan fingerprint density at radius 2 is 2.16 bits per heavy atom. The zero-order chi connectivity index (χ0) is 14.0. The molecule has 0 aliphatic heterocycles. The Morgan fingerprint density at radius 1 is 1.42 bits per heavy atom. The molecule has 5 heteroatoms. The largest absolute Gasteiger partial charge is 0.387 e. The molecule has 0 saturated heterocycles. The monoisotopic (exact) mass is 261 g/mol. The predicted octanol–water partition coefficient (Wildman–Crippen LogP) is 0.737. The van der Waals surface area contributed by atoms with Gasteiger partial charge in [0.05, 0.1) is 11.8 Å². The number of hydrogen-bond donors (Lipinski definition) is 2. The fourth-order valence-corrected chi connectivity index (χ4v) is 2.20. The summed E-state index contributed by atoms with van der Waals surface area (Å²) in [7, 11) is 3.52. The number of nitrogens with zero attached hydrogens (tertiary/aromatic N) is 2. The van der Waals surface area contributed by atoms with Crippen molar-refractivity contribution in [3.05, 3.63) is 52.2 Å². The van der Waals surface area contributed by atoms with Crippen molar-refractivity contribution in [2.45, 2.75) is 13.0 Å². The molecule has 19 heavy (non-hydrogen) atoms. The average Bonchev–Trinajstić information content (AvgIpc) is 2.64. The molecule has 2 N–H and O–H groups in total. The summed E-state index contributed by atoms with van der Waals surface area (Å²) in [5.74, 6) is 0. The normalized spacial score (nSPS) is 12.6. The Labute approximate surface area is 112 Å². The van der Waals surface area contributed by atoms with E-state index in [4.69, 9.17) is 0 Å². The second-order valence-corrected chi connectivity index (χ2v) is 4.67. The van der Waals surface area contributed by atoms with Crippen LogP contribution in [0.5, 0.6) is 0 Å². The summed E-state index contributed by atoms with van der Waals surface area (Å²) < 4.78 is 3.18. The summed E-state index contributed by atoms with van der Waals surface area (Å²) in [6.45, 7) is 2.37. The number of aliphatic hydroxyl groups is 1. The van der Waals surface area contributed by atoms with E-state index in [1.165, 1.54) is 0 Å². The van der Waals surface area contributed by atoms with Gasteiger partial charge in [0.15, 0.2) is 0 Å². The van der Waals surface area contributed by atoms with Crippen molar-refractivity contribution in [1.29, 1.82) is 0 Å². The molecule has 0 amide bonds. The highest BCUT2D eigenvalue weighted by Gasteiger charge is 2.11. The summed E-state index contributed by atoms with van der Waals surface area (Å²) >= 11 is 0. The molecular formula is C14H19N3O2. The maximum atomic E-state index is 12.0. The van der Waals surface area contributed by atoms with Crippen LogP contribution in [0.3, 0.4) is 0 Å². The summed E-state index contributed by atoms with van der Waals surface area (Å²) in [4.78, 5) is 12.0. The van der Waals surface area contributed by atoms with Crippen molar-refractivity contribution in [2.75, 3.05) is 13.6 Å². The first-order valence-corrected chi connectivity index (χ1v) is 6.22. The molecule has 2 aromatic rings. The predicted molar refractivity (Wildman–Crippen MR) is 74.6 cm³/mol. The summed E-state index contributed by atoms with van der Waals surface area (Å²) in [5.41, 5.74) is 2.35. The molecule has 1 aromatic carbocycles. The fraction of sp³-hybridized carbons (Fsp3) is 0.357. The number of likely N-dealkylation sites (N-methyl/N-ethyl adjacent to an activating group) is 1. The molecule has 0 fully saturated rings. The number of imidazole rings is 1. The molecule has 0 aliphatic rings. The van der Waals surface area contributed by atoms with Crippen LogP contribution >= 0.6 is 0 Å². The highest BCUT2D eigenvalue weighted by atomic mass is 16.3. The third kappa shape index (κ3) is 2.62. The summed E-state index contributed by atoms with van der Waals surface area (Å²) in [6, 6.07) is 7.41. The van der Waals surface area contributed by atoms with Gasteiger partial charge in [-0.2, -0.15) is 0 Å². The molecule has 1 heterocycles. The smallest absolute Gasteiger partial charge is 0.332 e. The van der Waals surface area contributed by atoms with Gasteiger partial charge in [0.2, 0.25) is 0 Å². The minimum atomic E-state index is -0.579. The lowest BCUT2D eigenvalue weighted by Crippen LogP contribution is -2.22. The van der Waals surface area contributed by atoms with Crippen LogP contribution in [-0.2, 0) is 7.05 Å². The van der Waals surface area contributed by atoms with E-state index in [9.17, 15) is 9.90 Å². The van der Waals surface area contributed by atoms with Gasteiger partial charge in [0.25, 0.3) is 0 Å². The van der Waals surface area contributed by atoms with E-state index in [2.05, 4.69) is 5.32 Å². The van der Waals surface area contributed by atoms with Crippen LogP contribution in [0.2, 0.25) is 0 Å². The second kappa shape index (κ2) is 5.42. The molecule has 0 saturated carbocycles. The molecule has 1 unspecified atom stereocenters. The number of hydrogen-bond acceptors (Lipinski definition) is 3. The van der Waals surface area contributed by atoms with Crippen molar-refractivity contribution < 1.29 is 5.11 Å². The number of benzene rings is 1. The zero-order valence-electron chi connectivity index (χ0n) is 11.4. The number of aryl methyl sites for hydroxylation is 2. The summed E-state index contributed by atoms with van der Waals surface area (Å²) in [6.07, 6.45) is 1.21. The van der Waals surface area contributed by atoms with E-state index in [-0.39, 0.29) is 5.69 Å². The maximum Gasteiger partial charge on any atom is 0.332 e. The standard InChI is InChI=1S/C14H19N3O2/c1-10-9-16(3)14(19)17(10)12-6-4-5-11(7-12)13(18)8-15-2/h4-7,9,13,15,18H,8H2,1-3H3. The topological polar surface area (TPSA) is 59.2 Å². The maximum absolute atomic E-state index is 12.0. The number of rotatable bonds is 4. The Kier molecular flexibility index (Phi) is 3.87. The van der Waals surface area contributed by atoms with Crippen LogP contribution in [0.15, 0.2) is 35.3 Å². The first-order valence-electron chi connectivity index (χ1n) is 6.22. The van der Waals surface area contributed by atoms with Gasteiger partial charge in [0, 0.05) is 25.5 Å². The Hall–Kier alpha value is -1.85. The van der Waals surface area contributed by atoms with Gasteiger partial charge >= 0.3 is 5.69 Å². The average molecular weight is 261 g/mol. The fourth-order valence-electron chi connectivity index (χ4n) is 2.20. The van der Waals surface area contributed by atoms with E-state index in [0.29, 0.717) is 6.54 Å². The molecule has 1 atom stereocenters. The van der Waals surface area contributed by atoms with Crippen molar-refractivity contribution in [3.63, 3.8) is 0 Å². The van der Waals surface area contributed by atoms with Crippen LogP contribution in [0.4, 0.5) is 0 Å². The number of nitrogens with one attached hydrogen (secondary N) is 1. The van der Waals surface area contributed by atoms with Crippen molar-refractivity contribution in [2.24, 2.45) is 7.05 Å². The Balaban J connectivity index is 2.46. The lowest BCUT2D eigenvalue weighted by Gasteiger charge is -2.12. The van der Waals surface area contributed by atoms with E-state index >= 15 is 0 Å². The Bertz CT molecular complexity index is 628. The SMILES string of the molecule is CNCC(O)c1cccc(-n2c(C)cn(C)c2=O)c1. The van der Waals surface area contributed by atoms with Gasteiger partial charge < -0.3 is 15.0 Å². The van der Waals surface area contributed by atoms with Crippen molar-refractivity contribution >= 4 is 0 Å². The van der Waals surface area contributed by atoms with Crippen LogP contribution in [-0.4, -0.2) is 27.8 Å². The third-order valence-corrected chi connectivity index (χ3v) is 3.14. The van der Waals surface area contributed by atoms with Crippen LogP contribution in [0, 0.1) is 6.92 Å². The first-order chi connectivity index (χ1) is 9.04. The molecule has 5 nitrogen and oxygen atoms in total. The van der Waals surface area contributed by atoms with Gasteiger partial charge in [0.1, 0.15) is 0 Å². The molecule has 1 aromatic heterocycles. The highest BCUT2D eigenvalue weighted by Crippen LogP contribution is 2.17. The Morgan fingerprint density at radius 3 is 2.74 bits per heavy atom. The zero-order valence-corrected chi connectivity index (χ0v) is 11.4. The minimum absolute atomic E-state index is 0.0854. The first kappa shape index (κ1) is 13.6. The molecule has 0 aliphatic carbocycles. The van der Waals surface area contributed by atoms with Crippen LogP contribution in [0.1, 0.15) is 17.4 Å².